The fourth-order valence-electron chi connectivity index (χ4n) is 1.69. The van der Waals surface area contributed by atoms with Crippen LogP contribution in [-0.4, -0.2) is 12.1 Å². The fraction of sp³-hybridized carbons (Fsp3) is 0.214. The lowest BCUT2D eigenvalue weighted by molar-refractivity contribution is 0.414. The molecule has 0 aliphatic heterocycles. The highest BCUT2D eigenvalue weighted by Crippen LogP contribution is 2.29. The van der Waals surface area contributed by atoms with Crippen molar-refractivity contribution in [1.82, 2.24) is 4.98 Å². The molecule has 0 fully saturated rings. The first-order chi connectivity index (χ1) is 7.72. The van der Waals surface area contributed by atoms with E-state index in [2.05, 4.69) is 37.0 Å². The lowest BCUT2D eigenvalue weighted by atomic mass is 10.0. The van der Waals surface area contributed by atoms with Crippen molar-refractivity contribution in [1.29, 1.82) is 0 Å². The van der Waals surface area contributed by atoms with Crippen LogP contribution in [0, 0.1) is 13.8 Å². The molecule has 0 unspecified atom stereocenters. The summed E-state index contributed by atoms with van der Waals surface area (Å²) in [5.41, 5.74) is 4.84. The molecule has 0 radical (unpaired) electrons. The Kier molecular flexibility index (Phi) is 2.91. The number of aromatic nitrogens is 1. The first-order valence-corrected chi connectivity index (χ1v) is 5.28. The number of aryl methyl sites for hydroxylation is 2. The van der Waals surface area contributed by atoms with Crippen molar-refractivity contribution in [3.8, 4) is 16.9 Å². The summed E-state index contributed by atoms with van der Waals surface area (Å²) in [6.07, 6.45) is 3.53. The van der Waals surface area contributed by atoms with Gasteiger partial charge < -0.3 is 4.74 Å². The second-order valence-corrected chi connectivity index (χ2v) is 3.87. The maximum Gasteiger partial charge on any atom is 0.144 e. The highest BCUT2D eigenvalue weighted by atomic mass is 16.5. The van der Waals surface area contributed by atoms with Crippen LogP contribution in [0.15, 0.2) is 36.7 Å². The molecule has 0 saturated carbocycles. The molecule has 0 aliphatic carbocycles. The third kappa shape index (κ3) is 1.91. The van der Waals surface area contributed by atoms with Crippen LogP contribution < -0.4 is 4.74 Å². The molecule has 0 N–H and O–H groups in total. The number of benzene rings is 1. The molecule has 0 bridgehead atoms. The molecule has 2 aromatic rings. The van der Waals surface area contributed by atoms with Crippen molar-refractivity contribution in [2.75, 3.05) is 7.11 Å². The van der Waals surface area contributed by atoms with E-state index in [-0.39, 0.29) is 0 Å². The number of hydrogen-bond donors (Lipinski definition) is 0. The van der Waals surface area contributed by atoms with Gasteiger partial charge in [-0.2, -0.15) is 0 Å². The maximum absolute atomic E-state index is 5.31. The Balaban J connectivity index is 2.54. The summed E-state index contributed by atoms with van der Waals surface area (Å²) in [4.78, 5) is 4.06. The molecule has 1 heterocycles. The SMILES string of the molecule is COc1cnccc1-c1ccc(C)c(C)c1. The van der Waals surface area contributed by atoms with Crippen LogP contribution in [0.2, 0.25) is 0 Å². The number of rotatable bonds is 2. The van der Waals surface area contributed by atoms with Crippen LogP contribution in [0.5, 0.6) is 5.75 Å². The Morgan fingerprint density at radius 2 is 1.88 bits per heavy atom. The van der Waals surface area contributed by atoms with Crippen LogP contribution >= 0.6 is 0 Å². The predicted octanol–water partition coefficient (Wildman–Crippen LogP) is 3.37. The topological polar surface area (TPSA) is 22.1 Å². The molecule has 82 valence electrons. The summed E-state index contributed by atoms with van der Waals surface area (Å²) in [7, 11) is 1.67. The van der Waals surface area contributed by atoms with Gasteiger partial charge in [0.25, 0.3) is 0 Å². The Labute approximate surface area is 95.9 Å². The minimum atomic E-state index is 0.811. The van der Waals surface area contributed by atoms with E-state index in [1.165, 1.54) is 16.7 Å². The first kappa shape index (κ1) is 10.7. The number of nitrogens with zero attached hydrogens (tertiary/aromatic N) is 1. The Bertz CT molecular complexity index is 506. The zero-order chi connectivity index (χ0) is 11.5. The van der Waals surface area contributed by atoms with E-state index in [4.69, 9.17) is 4.74 Å². The van der Waals surface area contributed by atoms with Gasteiger partial charge in [-0.15, -0.1) is 0 Å². The van der Waals surface area contributed by atoms with Gasteiger partial charge in [-0.05, 0) is 36.6 Å². The summed E-state index contributed by atoms with van der Waals surface area (Å²) >= 11 is 0. The molecule has 0 amide bonds. The van der Waals surface area contributed by atoms with Crippen LogP contribution in [0.4, 0.5) is 0 Å². The summed E-state index contributed by atoms with van der Waals surface area (Å²) in [6, 6.07) is 8.39. The third-order valence-corrected chi connectivity index (χ3v) is 2.82. The minimum absolute atomic E-state index is 0.811. The van der Waals surface area contributed by atoms with Gasteiger partial charge in [0, 0.05) is 11.8 Å². The number of methoxy groups -OCH3 is 1. The Morgan fingerprint density at radius 1 is 1.06 bits per heavy atom. The molecule has 1 aromatic carbocycles. The van der Waals surface area contributed by atoms with Crippen LogP contribution in [0.1, 0.15) is 11.1 Å². The average Bonchev–Trinajstić information content (AvgIpc) is 2.32. The van der Waals surface area contributed by atoms with Crippen molar-refractivity contribution in [2.45, 2.75) is 13.8 Å². The van der Waals surface area contributed by atoms with E-state index in [0.717, 1.165) is 11.3 Å². The molecule has 0 atom stereocenters. The highest BCUT2D eigenvalue weighted by Gasteiger charge is 2.05. The van der Waals surface area contributed by atoms with Crippen LogP contribution in [0.3, 0.4) is 0 Å². The molecule has 0 saturated heterocycles. The van der Waals surface area contributed by atoms with Gasteiger partial charge in [0.05, 0.1) is 13.3 Å². The first-order valence-electron chi connectivity index (χ1n) is 5.28. The van der Waals surface area contributed by atoms with Gasteiger partial charge in [-0.25, -0.2) is 0 Å². The lowest BCUT2D eigenvalue weighted by Crippen LogP contribution is -1.90. The van der Waals surface area contributed by atoms with Crippen molar-refractivity contribution >= 4 is 0 Å². The zero-order valence-electron chi connectivity index (χ0n) is 9.82. The lowest BCUT2D eigenvalue weighted by Gasteiger charge is -2.09. The van der Waals surface area contributed by atoms with E-state index >= 15 is 0 Å². The normalized spacial score (nSPS) is 10.2. The van der Waals surface area contributed by atoms with Crippen LogP contribution in [0.25, 0.3) is 11.1 Å². The van der Waals surface area contributed by atoms with Crippen molar-refractivity contribution in [2.24, 2.45) is 0 Å². The van der Waals surface area contributed by atoms with Crippen LogP contribution in [-0.2, 0) is 0 Å². The van der Waals surface area contributed by atoms with E-state index in [9.17, 15) is 0 Å². The molecule has 1 aromatic heterocycles. The number of pyridine rings is 1. The quantitative estimate of drug-likeness (QED) is 0.763. The number of ether oxygens (including phenoxy) is 1. The van der Waals surface area contributed by atoms with Gasteiger partial charge in [0.15, 0.2) is 0 Å². The predicted molar refractivity (Wildman–Crippen MR) is 65.7 cm³/mol. The standard InChI is InChI=1S/C14H15NO/c1-10-4-5-12(8-11(10)2)13-6-7-15-9-14(13)16-3/h4-9H,1-3H3. The minimum Gasteiger partial charge on any atom is -0.494 e. The second-order valence-electron chi connectivity index (χ2n) is 3.87. The van der Waals surface area contributed by atoms with Gasteiger partial charge in [-0.1, -0.05) is 18.2 Å². The van der Waals surface area contributed by atoms with E-state index in [0.29, 0.717) is 0 Å². The summed E-state index contributed by atoms with van der Waals surface area (Å²) < 4.78 is 5.31. The smallest absolute Gasteiger partial charge is 0.144 e. The fourth-order valence-corrected chi connectivity index (χ4v) is 1.69. The molecular formula is C14H15NO. The zero-order valence-corrected chi connectivity index (χ0v) is 9.82. The van der Waals surface area contributed by atoms with Crippen molar-refractivity contribution in [3.05, 3.63) is 47.8 Å². The molecule has 2 nitrogen and oxygen atoms in total. The Morgan fingerprint density at radius 3 is 2.56 bits per heavy atom. The third-order valence-electron chi connectivity index (χ3n) is 2.82. The highest BCUT2D eigenvalue weighted by molar-refractivity contribution is 5.70. The molecule has 0 spiro atoms. The van der Waals surface area contributed by atoms with E-state index in [1.54, 1.807) is 19.5 Å². The summed E-state index contributed by atoms with van der Waals surface area (Å²) in [5.74, 6) is 0.811. The van der Waals surface area contributed by atoms with E-state index in [1.807, 2.05) is 6.07 Å². The molecule has 2 heteroatoms. The van der Waals surface area contributed by atoms with Gasteiger partial charge >= 0.3 is 0 Å². The summed E-state index contributed by atoms with van der Waals surface area (Å²) in [5, 5.41) is 0. The molecular weight excluding hydrogens is 198 g/mol. The van der Waals surface area contributed by atoms with Gasteiger partial charge in [-0.3, -0.25) is 4.98 Å². The van der Waals surface area contributed by atoms with E-state index < -0.39 is 0 Å². The van der Waals surface area contributed by atoms with Crippen molar-refractivity contribution in [3.63, 3.8) is 0 Å². The van der Waals surface area contributed by atoms with Crippen molar-refractivity contribution < 1.29 is 4.74 Å². The summed E-state index contributed by atoms with van der Waals surface area (Å²) in [6.45, 7) is 4.23. The monoisotopic (exact) mass is 213 g/mol. The van der Waals surface area contributed by atoms with Gasteiger partial charge in [0.2, 0.25) is 0 Å². The maximum atomic E-state index is 5.31. The largest absolute Gasteiger partial charge is 0.494 e. The Hall–Kier alpha value is -1.83. The van der Waals surface area contributed by atoms with Gasteiger partial charge in [0.1, 0.15) is 5.75 Å². The molecule has 2 rings (SSSR count). The number of hydrogen-bond acceptors (Lipinski definition) is 2. The second kappa shape index (κ2) is 4.35. The average molecular weight is 213 g/mol. The molecule has 0 aliphatic rings. The molecule has 16 heavy (non-hydrogen) atoms.